The Balaban J connectivity index is 0.000000751. The molecule has 0 spiro atoms. The van der Waals surface area contributed by atoms with Crippen LogP contribution in [-0.4, -0.2) is 72.6 Å². The minimum Gasteiger partial charge on any atom is -0.726 e. The molecule has 1 heterocycles. The number of hydrogen-bond acceptors (Lipinski definition) is 10. The minimum absolute atomic E-state index is 0.0178. The van der Waals surface area contributed by atoms with E-state index >= 15 is 0 Å². The highest BCUT2D eigenvalue weighted by Crippen LogP contribution is 2.29. The molecule has 1 aromatic carbocycles. The van der Waals surface area contributed by atoms with Crippen LogP contribution >= 0.6 is 0 Å². The fraction of sp³-hybridized carbons (Fsp3) is 0.500. The van der Waals surface area contributed by atoms with Gasteiger partial charge >= 0.3 is 0 Å². The van der Waals surface area contributed by atoms with Crippen LogP contribution in [0, 0.1) is 10.1 Å². The van der Waals surface area contributed by atoms with Gasteiger partial charge in [-0.1, -0.05) is 0 Å². The number of nitrogens with one attached hydrogen (secondary N) is 1. The number of benzene rings is 1. The first kappa shape index (κ1) is 27.3. The molecule has 0 unspecified atom stereocenters. The molecule has 0 atom stereocenters. The molecule has 1 aromatic heterocycles. The first-order chi connectivity index (χ1) is 15.1. The second-order valence-corrected chi connectivity index (χ2v) is 7.71. The van der Waals surface area contributed by atoms with Crippen molar-refractivity contribution in [3.05, 3.63) is 47.0 Å². The zero-order valence-corrected chi connectivity index (χ0v) is 18.8. The number of imidazole rings is 1. The standard InChI is InChI=1S/C17H26N5O4.CH4O4S/c1-19-7-8-20(14-19)6-2-5-18-16-4-3-15(13-17(16)22(25)26)21(9-11-23)10-12-24;1-5-6(2,3)4/h3-4,7-8,13-14,18,23-24H,2,5-6,9-12H2,1H3;1H3,(H,2,3,4)/q+1;/p-1. The van der Waals surface area contributed by atoms with E-state index in [-0.39, 0.29) is 18.9 Å². The second kappa shape index (κ2) is 13.6. The molecule has 0 saturated heterocycles. The van der Waals surface area contributed by atoms with Crippen molar-refractivity contribution in [1.29, 1.82) is 0 Å². The molecule has 180 valence electrons. The van der Waals surface area contributed by atoms with E-state index in [0.717, 1.165) is 20.1 Å². The highest BCUT2D eigenvalue weighted by molar-refractivity contribution is 7.80. The Morgan fingerprint density at radius 3 is 2.38 bits per heavy atom. The van der Waals surface area contributed by atoms with Crippen LogP contribution in [0.15, 0.2) is 36.9 Å². The van der Waals surface area contributed by atoms with Crippen molar-refractivity contribution in [3.63, 3.8) is 0 Å². The van der Waals surface area contributed by atoms with Gasteiger partial charge in [-0.2, -0.15) is 0 Å². The Bertz CT molecular complexity index is 945. The van der Waals surface area contributed by atoms with Gasteiger partial charge in [0.2, 0.25) is 16.7 Å². The molecule has 2 aromatic rings. The summed E-state index contributed by atoms with van der Waals surface area (Å²) in [5, 5.41) is 32.8. The van der Waals surface area contributed by atoms with Crippen LogP contribution in [0.2, 0.25) is 0 Å². The Kier molecular flexibility index (Phi) is 11.6. The van der Waals surface area contributed by atoms with Gasteiger partial charge in [-0.05, 0) is 12.1 Å². The number of aliphatic hydroxyl groups is 2. The lowest BCUT2D eigenvalue weighted by atomic mass is 10.2. The van der Waals surface area contributed by atoms with Crippen LogP contribution in [0.25, 0.3) is 0 Å². The summed E-state index contributed by atoms with van der Waals surface area (Å²) in [6, 6.07) is 4.90. The molecule has 0 aliphatic rings. The summed E-state index contributed by atoms with van der Waals surface area (Å²) in [4.78, 5) is 12.7. The molecular weight excluding hydrogens is 446 g/mol. The molecule has 0 aliphatic heterocycles. The zero-order chi connectivity index (χ0) is 24.1. The van der Waals surface area contributed by atoms with Gasteiger partial charge in [0.25, 0.3) is 5.69 Å². The van der Waals surface area contributed by atoms with E-state index < -0.39 is 15.3 Å². The maximum absolute atomic E-state index is 11.4. The smallest absolute Gasteiger partial charge is 0.294 e. The molecule has 0 fully saturated rings. The second-order valence-electron chi connectivity index (χ2n) is 6.56. The van der Waals surface area contributed by atoms with Crippen molar-refractivity contribution in [2.75, 3.05) is 50.2 Å². The Morgan fingerprint density at radius 2 is 1.91 bits per heavy atom. The van der Waals surface area contributed by atoms with Gasteiger partial charge < -0.3 is 25.0 Å². The van der Waals surface area contributed by atoms with E-state index in [9.17, 15) is 23.1 Å². The predicted molar refractivity (Wildman–Crippen MR) is 115 cm³/mol. The predicted octanol–water partition coefficient (Wildman–Crippen LogP) is -0.393. The van der Waals surface area contributed by atoms with Crippen LogP contribution in [0.4, 0.5) is 17.1 Å². The van der Waals surface area contributed by atoms with Crippen molar-refractivity contribution < 1.29 is 36.9 Å². The third kappa shape index (κ3) is 10.0. The number of aryl methyl sites for hydroxylation is 2. The molecule has 32 heavy (non-hydrogen) atoms. The summed E-state index contributed by atoms with van der Waals surface area (Å²) in [6.07, 6.45) is 6.75. The van der Waals surface area contributed by atoms with Crippen molar-refractivity contribution in [1.82, 2.24) is 4.57 Å². The zero-order valence-electron chi connectivity index (χ0n) is 18.0. The van der Waals surface area contributed by atoms with E-state index in [1.165, 1.54) is 6.07 Å². The first-order valence-electron chi connectivity index (χ1n) is 9.62. The van der Waals surface area contributed by atoms with Crippen LogP contribution < -0.4 is 14.8 Å². The highest BCUT2D eigenvalue weighted by Gasteiger charge is 2.17. The van der Waals surface area contributed by atoms with Crippen molar-refractivity contribution in [3.8, 4) is 0 Å². The summed E-state index contributed by atoms with van der Waals surface area (Å²) in [7, 11) is -1.65. The molecule has 3 N–H and O–H groups in total. The SMILES string of the molecule is COS(=O)(=O)[O-].C[n+]1ccn(CCCNc2ccc(N(CCO)CCO)cc2[N+](=O)[O-])c1. The number of anilines is 2. The van der Waals surface area contributed by atoms with Crippen LogP contribution in [0.1, 0.15) is 6.42 Å². The normalized spacial score (nSPS) is 10.9. The fourth-order valence-electron chi connectivity index (χ4n) is 2.75. The molecular formula is C18H29N5O8S. The highest BCUT2D eigenvalue weighted by atomic mass is 32.3. The number of aliphatic hydroxyl groups excluding tert-OH is 2. The Hall–Kier alpha value is -2.78. The molecule has 14 heteroatoms. The van der Waals surface area contributed by atoms with Gasteiger partial charge in [-0.25, -0.2) is 17.6 Å². The van der Waals surface area contributed by atoms with E-state index in [1.54, 1.807) is 17.0 Å². The monoisotopic (exact) mass is 475 g/mol. The van der Waals surface area contributed by atoms with Crippen LogP contribution in [0.5, 0.6) is 0 Å². The lowest BCUT2D eigenvalue weighted by Gasteiger charge is -2.23. The average Bonchev–Trinajstić information content (AvgIpc) is 3.16. The van der Waals surface area contributed by atoms with E-state index in [0.29, 0.717) is 31.0 Å². The lowest BCUT2D eigenvalue weighted by molar-refractivity contribution is -0.671. The molecule has 2 rings (SSSR count). The summed E-state index contributed by atoms with van der Waals surface area (Å²) >= 11 is 0. The van der Waals surface area contributed by atoms with E-state index in [2.05, 4.69) is 14.1 Å². The van der Waals surface area contributed by atoms with Gasteiger partial charge in [0.15, 0.2) is 0 Å². The number of nitro groups is 1. The number of hydrogen-bond donors (Lipinski definition) is 3. The third-order valence-electron chi connectivity index (χ3n) is 4.22. The Labute approximate surface area is 186 Å². The number of nitro benzene ring substituents is 1. The number of rotatable bonds is 12. The molecule has 0 amide bonds. The number of nitrogens with zero attached hydrogens (tertiary/aromatic N) is 4. The summed E-state index contributed by atoms with van der Waals surface area (Å²) < 4.78 is 35.0. The molecule has 0 bridgehead atoms. The molecule has 13 nitrogen and oxygen atoms in total. The minimum atomic E-state index is -4.41. The van der Waals surface area contributed by atoms with Crippen molar-refractivity contribution in [2.45, 2.75) is 13.0 Å². The quantitative estimate of drug-likeness (QED) is 0.0915. The van der Waals surface area contributed by atoms with Crippen LogP contribution in [0.3, 0.4) is 0 Å². The fourth-order valence-corrected chi connectivity index (χ4v) is 2.75. The summed E-state index contributed by atoms with van der Waals surface area (Å²) in [5.41, 5.74) is 1.05. The van der Waals surface area contributed by atoms with Crippen LogP contribution in [-0.2, 0) is 28.2 Å². The molecule has 0 radical (unpaired) electrons. The third-order valence-corrected chi connectivity index (χ3v) is 4.63. The summed E-state index contributed by atoms with van der Waals surface area (Å²) in [5.74, 6) is 0. The Morgan fingerprint density at radius 1 is 1.28 bits per heavy atom. The summed E-state index contributed by atoms with van der Waals surface area (Å²) in [6.45, 7) is 1.85. The van der Waals surface area contributed by atoms with Gasteiger partial charge in [-0.3, -0.25) is 14.3 Å². The van der Waals surface area contributed by atoms with Crippen molar-refractivity contribution >= 4 is 27.5 Å². The molecule has 0 saturated carbocycles. The first-order valence-corrected chi connectivity index (χ1v) is 11.0. The maximum Gasteiger partial charge on any atom is 0.294 e. The van der Waals surface area contributed by atoms with Gasteiger partial charge in [0, 0.05) is 37.8 Å². The lowest BCUT2D eigenvalue weighted by Crippen LogP contribution is -2.29. The number of aromatic nitrogens is 2. The van der Waals surface area contributed by atoms with Gasteiger partial charge in [0.05, 0.1) is 38.8 Å². The van der Waals surface area contributed by atoms with Gasteiger partial charge in [-0.15, -0.1) is 0 Å². The van der Waals surface area contributed by atoms with E-state index in [1.807, 2.05) is 30.3 Å². The van der Waals surface area contributed by atoms with Gasteiger partial charge in [0.1, 0.15) is 18.1 Å². The maximum atomic E-state index is 11.4. The van der Waals surface area contributed by atoms with E-state index in [4.69, 9.17) is 10.2 Å². The average molecular weight is 476 g/mol. The largest absolute Gasteiger partial charge is 0.726 e. The topological polar surface area (TPSA) is 174 Å². The molecule has 0 aliphatic carbocycles. The van der Waals surface area contributed by atoms with Crippen molar-refractivity contribution in [2.24, 2.45) is 7.05 Å².